The summed E-state index contributed by atoms with van der Waals surface area (Å²) < 4.78 is 0. The Balaban J connectivity index is 2.43. The Morgan fingerprint density at radius 1 is 1.45 bits per heavy atom. The molecule has 1 aliphatic rings. The van der Waals surface area contributed by atoms with Gasteiger partial charge in [-0.05, 0) is 40.2 Å². The Hall–Kier alpha value is -1.14. The quantitative estimate of drug-likeness (QED) is 0.707. The van der Waals surface area contributed by atoms with Gasteiger partial charge in [-0.2, -0.15) is 0 Å². The fourth-order valence-corrected chi connectivity index (χ4v) is 2.44. The van der Waals surface area contributed by atoms with Crippen molar-refractivity contribution >= 4 is 11.8 Å². The SMILES string of the molecule is CCN(CC(=O)NC(C)C)C(=O)CN1CCCC(N)C1. The fourth-order valence-electron chi connectivity index (χ4n) is 2.44. The van der Waals surface area contributed by atoms with Crippen molar-refractivity contribution in [3.8, 4) is 0 Å². The van der Waals surface area contributed by atoms with Crippen molar-refractivity contribution in [1.29, 1.82) is 0 Å². The minimum Gasteiger partial charge on any atom is -0.352 e. The van der Waals surface area contributed by atoms with Crippen molar-refractivity contribution in [1.82, 2.24) is 15.1 Å². The summed E-state index contributed by atoms with van der Waals surface area (Å²) in [5.41, 5.74) is 5.91. The molecule has 1 aliphatic heterocycles. The van der Waals surface area contributed by atoms with E-state index in [1.165, 1.54) is 0 Å². The number of carbonyl (C=O) groups is 2. The van der Waals surface area contributed by atoms with Gasteiger partial charge in [0.1, 0.15) is 0 Å². The molecule has 2 amide bonds. The third kappa shape index (κ3) is 5.88. The zero-order valence-corrected chi connectivity index (χ0v) is 12.9. The van der Waals surface area contributed by atoms with Crippen LogP contribution in [0.25, 0.3) is 0 Å². The van der Waals surface area contributed by atoms with E-state index in [0.29, 0.717) is 13.1 Å². The van der Waals surface area contributed by atoms with Gasteiger partial charge in [0.2, 0.25) is 11.8 Å². The van der Waals surface area contributed by atoms with Crippen molar-refractivity contribution in [3.63, 3.8) is 0 Å². The molecule has 0 aromatic carbocycles. The number of carbonyl (C=O) groups excluding carboxylic acids is 2. The molecule has 1 atom stereocenters. The molecule has 0 aliphatic carbocycles. The maximum atomic E-state index is 12.2. The Morgan fingerprint density at radius 3 is 2.70 bits per heavy atom. The van der Waals surface area contributed by atoms with Crippen LogP contribution in [0.2, 0.25) is 0 Å². The largest absolute Gasteiger partial charge is 0.352 e. The van der Waals surface area contributed by atoms with Gasteiger partial charge >= 0.3 is 0 Å². The van der Waals surface area contributed by atoms with Crippen LogP contribution in [-0.2, 0) is 9.59 Å². The first-order valence-electron chi connectivity index (χ1n) is 7.47. The molecule has 0 saturated carbocycles. The molecule has 1 unspecified atom stereocenters. The Morgan fingerprint density at radius 2 is 2.15 bits per heavy atom. The van der Waals surface area contributed by atoms with Gasteiger partial charge in [0.25, 0.3) is 0 Å². The number of hydrogen-bond donors (Lipinski definition) is 2. The van der Waals surface area contributed by atoms with Crippen LogP contribution in [0.15, 0.2) is 0 Å². The average molecular weight is 284 g/mol. The van der Waals surface area contributed by atoms with Crippen LogP contribution < -0.4 is 11.1 Å². The van der Waals surface area contributed by atoms with Gasteiger partial charge in [0.15, 0.2) is 0 Å². The highest BCUT2D eigenvalue weighted by Gasteiger charge is 2.22. The van der Waals surface area contributed by atoms with Crippen LogP contribution in [0.5, 0.6) is 0 Å². The highest BCUT2D eigenvalue weighted by Crippen LogP contribution is 2.08. The predicted molar refractivity (Wildman–Crippen MR) is 79.2 cm³/mol. The summed E-state index contributed by atoms with van der Waals surface area (Å²) in [7, 11) is 0. The molecular formula is C14H28N4O2. The Bertz CT molecular complexity index is 333. The number of likely N-dealkylation sites (tertiary alicyclic amines) is 1. The number of nitrogens with one attached hydrogen (secondary N) is 1. The number of piperidine rings is 1. The van der Waals surface area contributed by atoms with E-state index in [1.807, 2.05) is 20.8 Å². The second kappa shape index (κ2) is 8.21. The van der Waals surface area contributed by atoms with Gasteiger partial charge in [0, 0.05) is 25.2 Å². The van der Waals surface area contributed by atoms with Crippen LogP contribution >= 0.6 is 0 Å². The average Bonchev–Trinajstić information content (AvgIpc) is 2.34. The van der Waals surface area contributed by atoms with Crippen molar-refractivity contribution < 1.29 is 9.59 Å². The number of amides is 2. The molecule has 6 nitrogen and oxygen atoms in total. The minimum atomic E-state index is -0.106. The predicted octanol–water partition coefficient (Wildman–Crippen LogP) is -0.217. The van der Waals surface area contributed by atoms with Gasteiger partial charge in [-0.15, -0.1) is 0 Å². The molecule has 6 heteroatoms. The molecular weight excluding hydrogens is 256 g/mol. The number of nitrogens with two attached hydrogens (primary N) is 1. The second-order valence-electron chi connectivity index (χ2n) is 5.77. The summed E-state index contributed by atoms with van der Waals surface area (Å²) in [5.74, 6) is -0.106. The Labute approximate surface area is 121 Å². The molecule has 1 fully saturated rings. The van der Waals surface area contributed by atoms with E-state index in [-0.39, 0.29) is 30.4 Å². The van der Waals surface area contributed by atoms with Crippen molar-refractivity contribution in [2.24, 2.45) is 5.73 Å². The zero-order valence-electron chi connectivity index (χ0n) is 12.9. The normalized spacial score (nSPS) is 19.9. The van der Waals surface area contributed by atoms with E-state index in [9.17, 15) is 9.59 Å². The van der Waals surface area contributed by atoms with Gasteiger partial charge in [-0.25, -0.2) is 0 Å². The summed E-state index contributed by atoms with van der Waals surface area (Å²) in [6.07, 6.45) is 2.06. The lowest BCUT2D eigenvalue weighted by atomic mass is 10.1. The molecule has 116 valence electrons. The molecule has 20 heavy (non-hydrogen) atoms. The van der Waals surface area contributed by atoms with Crippen molar-refractivity contribution in [2.45, 2.75) is 45.7 Å². The lowest BCUT2D eigenvalue weighted by Gasteiger charge is -2.32. The van der Waals surface area contributed by atoms with Gasteiger partial charge in [0.05, 0.1) is 13.1 Å². The van der Waals surface area contributed by atoms with E-state index in [2.05, 4.69) is 10.2 Å². The lowest BCUT2D eigenvalue weighted by Crippen LogP contribution is -2.49. The molecule has 0 radical (unpaired) electrons. The number of hydrogen-bond acceptors (Lipinski definition) is 4. The highest BCUT2D eigenvalue weighted by molar-refractivity contribution is 5.85. The smallest absolute Gasteiger partial charge is 0.239 e. The first-order chi connectivity index (χ1) is 9.42. The topological polar surface area (TPSA) is 78.7 Å². The van der Waals surface area contributed by atoms with Gasteiger partial charge < -0.3 is 16.0 Å². The first-order valence-corrected chi connectivity index (χ1v) is 7.47. The summed E-state index contributed by atoms with van der Waals surface area (Å²) in [4.78, 5) is 27.6. The van der Waals surface area contributed by atoms with Crippen molar-refractivity contribution in [3.05, 3.63) is 0 Å². The van der Waals surface area contributed by atoms with Crippen LogP contribution in [0, 0.1) is 0 Å². The standard InChI is InChI=1S/C14H28N4O2/c1-4-18(9-13(19)16-11(2)3)14(20)10-17-7-5-6-12(15)8-17/h11-12H,4-10,15H2,1-3H3,(H,16,19). The molecule has 3 N–H and O–H groups in total. The highest BCUT2D eigenvalue weighted by atomic mass is 16.2. The first kappa shape index (κ1) is 16.9. The zero-order chi connectivity index (χ0) is 15.1. The van der Waals surface area contributed by atoms with E-state index in [4.69, 9.17) is 5.73 Å². The lowest BCUT2D eigenvalue weighted by molar-refractivity contribution is -0.137. The monoisotopic (exact) mass is 284 g/mol. The van der Waals surface area contributed by atoms with E-state index in [1.54, 1.807) is 4.90 Å². The molecule has 0 aromatic heterocycles. The van der Waals surface area contributed by atoms with E-state index < -0.39 is 0 Å². The summed E-state index contributed by atoms with van der Waals surface area (Å²) in [6, 6.07) is 0.257. The fraction of sp³-hybridized carbons (Fsp3) is 0.857. The van der Waals surface area contributed by atoms with Crippen LogP contribution in [0.4, 0.5) is 0 Å². The Kier molecular flexibility index (Phi) is 6.95. The number of nitrogens with zero attached hydrogens (tertiary/aromatic N) is 2. The summed E-state index contributed by atoms with van der Waals surface area (Å²) in [5, 5.41) is 2.81. The molecule has 0 aromatic rings. The van der Waals surface area contributed by atoms with E-state index >= 15 is 0 Å². The van der Waals surface area contributed by atoms with Gasteiger partial charge in [-0.3, -0.25) is 14.5 Å². The van der Waals surface area contributed by atoms with Crippen molar-refractivity contribution in [2.75, 3.05) is 32.7 Å². The third-order valence-electron chi connectivity index (χ3n) is 3.42. The maximum Gasteiger partial charge on any atom is 0.239 e. The van der Waals surface area contributed by atoms with Gasteiger partial charge in [-0.1, -0.05) is 0 Å². The van der Waals surface area contributed by atoms with Crippen LogP contribution in [0.1, 0.15) is 33.6 Å². The molecule has 1 rings (SSSR count). The second-order valence-corrected chi connectivity index (χ2v) is 5.77. The molecule has 1 heterocycles. The minimum absolute atomic E-state index is 0.000469. The summed E-state index contributed by atoms with van der Waals surface area (Å²) >= 11 is 0. The maximum absolute atomic E-state index is 12.2. The third-order valence-corrected chi connectivity index (χ3v) is 3.42. The number of likely N-dealkylation sites (N-methyl/N-ethyl adjacent to an activating group) is 1. The van der Waals surface area contributed by atoms with E-state index in [0.717, 1.165) is 25.9 Å². The van der Waals surface area contributed by atoms with Crippen LogP contribution in [0.3, 0.4) is 0 Å². The summed E-state index contributed by atoms with van der Waals surface area (Å²) in [6.45, 7) is 8.42. The molecule has 0 spiro atoms. The van der Waals surface area contributed by atoms with Crippen LogP contribution in [-0.4, -0.2) is 66.4 Å². The number of rotatable bonds is 6. The molecule has 0 bridgehead atoms. The molecule has 1 saturated heterocycles.